The largest absolute Gasteiger partial charge is 0.359 e. The van der Waals surface area contributed by atoms with E-state index in [1.54, 1.807) is 6.07 Å². The highest BCUT2D eigenvalue weighted by Gasteiger charge is 2.33. The molecule has 1 aromatic heterocycles. The zero-order chi connectivity index (χ0) is 17.3. The van der Waals surface area contributed by atoms with E-state index in [0.29, 0.717) is 12.1 Å². The Labute approximate surface area is 145 Å². The average Bonchev–Trinajstić information content (AvgIpc) is 3.17. The number of carbonyl (C=O) groups excluding carboxylic acids is 1. The SMILES string of the molecule is CC(C)c1cc(C2CCCN2C(=O)Cc2ccc(F)cc2Cl)on1. The van der Waals surface area contributed by atoms with Crippen molar-refractivity contribution in [1.29, 1.82) is 0 Å². The Hall–Kier alpha value is -1.88. The molecule has 24 heavy (non-hydrogen) atoms. The molecule has 0 spiro atoms. The summed E-state index contributed by atoms with van der Waals surface area (Å²) in [5, 5.41) is 4.36. The van der Waals surface area contributed by atoms with Crippen LogP contribution in [0.4, 0.5) is 4.39 Å². The van der Waals surface area contributed by atoms with Gasteiger partial charge in [-0.15, -0.1) is 0 Å². The van der Waals surface area contributed by atoms with Crippen LogP contribution in [-0.2, 0) is 11.2 Å². The molecule has 0 radical (unpaired) electrons. The van der Waals surface area contributed by atoms with Gasteiger partial charge in [0, 0.05) is 17.6 Å². The van der Waals surface area contributed by atoms with Gasteiger partial charge in [-0.1, -0.05) is 36.7 Å². The Kier molecular flexibility index (Phi) is 4.90. The van der Waals surface area contributed by atoms with E-state index < -0.39 is 5.82 Å². The normalized spacial score (nSPS) is 17.7. The van der Waals surface area contributed by atoms with Gasteiger partial charge in [0.05, 0.1) is 18.2 Å². The van der Waals surface area contributed by atoms with E-state index in [0.717, 1.165) is 24.3 Å². The van der Waals surface area contributed by atoms with Crippen LogP contribution in [0.5, 0.6) is 0 Å². The van der Waals surface area contributed by atoms with Gasteiger partial charge in [-0.25, -0.2) is 4.39 Å². The Morgan fingerprint density at radius 1 is 1.46 bits per heavy atom. The number of hydrogen-bond donors (Lipinski definition) is 0. The van der Waals surface area contributed by atoms with E-state index in [9.17, 15) is 9.18 Å². The molecule has 6 heteroatoms. The van der Waals surface area contributed by atoms with Crippen molar-refractivity contribution in [3.05, 3.63) is 52.1 Å². The number of likely N-dealkylation sites (tertiary alicyclic amines) is 1. The summed E-state index contributed by atoms with van der Waals surface area (Å²) in [5.41, 5.74) is 1.53. The van der Waals surface area contributed by atoms with Gasteiger partial charge in [-0.3, -0.25) is 4.79 Å². The third-order valence-corrected chi connectivity index (χ3v) is 4.75. The molecule has 4 nitrogen and oxygen atoms in total. The third-order valence-electron chi connectivity index (χ3n) is 4.40. The number of carbonyl (C=O) groups is 1. The van der Waals surface area contributed by atoms with Crippen LogP contribution in [0.2, 0.25) is 5.02 Å². The van der Waals surface area contributed by atoms with E-state index in [4.69, 9.17) is 16.1 Å². The molecule has 0 bridgehead atoms. The van der Waals surface area contributed by atoms with E-state index in [-0.39, 0.29) is 29.3 Å². The molecule has 2 aromatic rings. The first-order valence-corrected chi connectivity index (χ1v) is 8.53. The average molecular weight is 351 g/mol. The fourth-order valence-corrected chi connectivity index (χ4v) is 3.26. The Morgan fingerprint density at radius 2 is 2.25 bits per heavy atom. The lowest BCUT2D eigenvalue weighted by Gasteiger charge is -2.23. The van der Waals surface area contributed by atoms with Gasteiger partial charge in [-0.05, 0) is 36.5 Å². The number of halogens is 2. The van der Waals surface area contributed by atoms with Gasteiger partial charge in [0.2, 0.25) is 5.91 Å². The summed E-state index contributed by atoms with van der Waals surface area (Å²) in [7, 11) is 0. The summed E-state index contributed by atoms with van der Waals surface area (Å²) in [6.45, 7) is 4.78. The highest BCUT2D eigenvalue weighted by atomic mass is 35.5. The first-order chi connectivity index (χ1) is 11.5. The molecule has 1 aliphatic rings. The highest BCUT2D eigenvalue weighted by Crippen LogP contribution is 2.34. The summed E-state index contributed by atoms with van der Waals surface area (Å²) in [6.07, 6.45) is 1.93. The first kappa shape index (κ1) is 17.0. The van der Waals surface area contributed by atoms with Crippen molar-refractivity contribution < 1.29 is 13.7 Å². The fraction of sp³-hybridized carbons (Fsp3) is 0.444. The van der Waals surface area contributed by atoms with Crippen molar-refractivity contribution in [3.8, 4) is 0 Å². The zero-order valence-electron chi connectivity index (χ0n) is 13.8. The molecule has 1 amide bonds. The predicted molar refractivity (Wildman–Crippen MR) is 89.4 cm³/mol. The van der Waals surface area contributed by atoms with Crippen molar-refractivity contribution >= 4 is 17.5 Å². The maximum atomic E-state index is 13.1. The minimum absolute atomic E-state index is 0.0338. The maximum Gasteiger partial charge on any atom is 0.227 e. The van der Waals surface area contributed by atoms with Gasteiger partial charge >= 0.3 is 0 Å². The van der Waals surface area contributed by atoms with Gasteiger partial charge in [0.1, 0.15) is 5.82 Å². The van der Waals surface area contributed by atoms with Crippen molar-refractivity contribution in [3.63, 3.8) is 0 Å². The Morgan fingerprint density at radius 3 is 2.92 bits per heavy atom. The zero-order valence-corrected chi connectivity index (χ0v) is 14.5. The minimum atomic E-state index is -0.405. The molecule has 3 rings (SSSR count). The highest BCUT2D eigenvalue weighted by molar-refractivity contribution is 6.31. The van der Waals surface area contributed by atoms with Crippen LogP contribution in [0.25, 0.3) is 0 Å². The molecular weight excluding hydrogens is 331 g/mol. The van der Waals surface area contributed by atoms with E-state index in [2.05, 4.69) is 19.0 Å². The van der Waals surface area contributed by atoms with Gasteiger partial charge < -0.3 is 9.42 Å². The molecule has 0 N–H and O–H groups in total. The van der Waals surface area contributed by atoms with Crippen LogP contribution in [-0.4, -0.2) is 22.5 Å². The number of hydrogen-bond acceptors (Lipinski definition) is 3. The quantitative estimate of drug-likeness (QED) is 0.815. The summed E-state index contributed by atoms with van der Waals surface area (Å²) in [4.78, 5) is 14.5. The molecule has 0 aliphatic carbocycles. The van der Waals surface area contributed by atoms with Crippen molar-refractivity contribution in [2.24, 2.45) is 0 Å². The molecule has 1 aliphatic heterocycles. The second-order valence-electron chi connectivity index (χ2n) is 6.47. The van der Waals surface area contributed by atoms with Crippen LogP contribution >= 0.6 is 11.6 Å². The van der Waals surface area contributed by atoms with Crippen molar-refractivity contribution in [2.45, 2.75) is 45.1 Å². The minimum Gasteiger partial charge on any atom is -0.359 e. The summed E-state index contributed by atoms with van der Waals surface area (Å²) < 4.78 is 18.6. The molecule has 1 saturated heterocycles. The van der Waals surface area contributed by atoms with Crippen molar-refractivity contribution in [2.75, 3.05) is 6.54 Å². The number of rotatable bonds is 4. The predicted octanol–water partition coefficient (Wildman–Crippen LogP) is 4.50. The lowest BCUT2D eigenvalue weighted by Crippen LogP contribution is -2.31. The smallest absolute Gasteiger partial charge is 0.227 e. The summed E-state index contributed by atoms with van der Waals surface area (Å²) in [5.74, 6) is 0.576. The molecule has 0 saturated carbocycles. The number of amides is 1. The van der Waals surface area contributed by atoms with Gasteiger partial charge in [0.15, 0.2) is 5.76 Å². The monoisotopic (exact) mass is 350 g/mol. The third kappa shape index (κ3) is 3.46. The molecule has 1 fully saturated rings. The van der Waals surface area contributed by atoms with Crippen LogP contribution in [0, 0.1) is 5.82 Å². The van der Waals surface area contributed by atoms with E-state index in [1.807, 2.05) is 11.0 Å². The van der Waals surface area contributed by atoms with Crippen LogP contribution in [0.1, 0.15) is 55.7 Å². The summed E-state index contributed by atoms with van der Waals surface area (Å²) >= 11 is 6.03. The molecule has 2 heterocycles. The molecular formula is C18H20ClFN2O2. The number of nitrogens with zero attached hydrogens (tertiary/aromatic N) is 2. The van der Waals surface area contributed by atoms with Crippen molar-refractivity contribution in [1.82, 2.24) is 10.1 Å². The second kappa shape index (κ2) is 6.93. The van der Waals surface area contributed by atoms with Crippen LogP contribution in [0.3, 0.4) is 0 Å². The second-order valence-corrected chi connectivity index (χ2v) is 6.87. The van der Waals surface area contributed by atoms with Crippen LogP contribution in [0.15, 0.2) is 28.8 Å². The standard InChI is InChI=1S/C18H20ClFN2O2/c1-11(2)15-10-17(24-21-15)16-4-3-7-22(16)18(23)8-12-5-6-13(20)9-14(12)19/h5-6,9-11,16H,3-4,7-8H2,1-2H3. The summed E-state index contributed by atoms with van der Waals surface area (Å²) in [6, 6.07) is 5.97. The molecule has 1 atom stereocenters. The number of aromatic nitrogens is 1. The van der Waals surface area contributed by atoms with E-state index in [1.165, 1.54) is 12.1 Å². The Bertz CT molecular complexity index is 744. The van der Waals surface area contributed by atoms with Gasteiger partial charge in [-0.2, -0.15) is 0 Å². The van der Waals surface area contributed by atoms with Crippen LogP contribution < -0.4 is 0 Å². The molecule has 1 unspecified atom stereocenters. The Balaban J connectivity index is 1.75. The first-order valence-electron chi connectivity index (χ1n) is 8.15. The van der Waals surface area contributed by atoms with Gasteiger partial charge in [0.25, 0.3) is 0 Å². The topological polar surface area (TPSA) is 46.3 Å². The fourth-order valence-electron chi connectivity index (χ4n) is 3.02. The lowest BCUT2D eigenvalue weighted by atomic mass is 10.1. The number of benzene rings is 1. The molecule has 128 valence electrons. The van der Waals surface area contributed by atoms with E-state index >= 15 is 0 Å². The molecule has 1 aromatic carbocycles. The lowest BCUT2D eigenvalue weighted by molar-refractivity contribution is -0.131. The maximum absolute atomic E-state index is 13.1.